The molecule has 114 valence electrons. The van der Waals surface area contributed by atoms with E-state index in [1.807, 2.05) is 47.9 Å². The van der Waals surface area contributed by atoms with Crippen molar-refractivity contribution in [3.05, 3.63) is 62.2 Å². The molecule has 0 saturated carbocycles. The molecule has 0 fully saturated rings. The summed E-state index contributed by atoms with van der Waals surface area (Å²) < 4.78 is 7.17. The van der Waals surface area contributed by atoms with Crippen LogP contribution in [0.5, 0.6) is 5.75 Å². The largest absolute Gasteiger partial charge is 0.497 e. The SMILES string of the molecule is COc1cccc(/C=c2/sc3nc(-c4cccs4)nn3c2=O)c1. The first-order valence-electron chi connectivity index (χ1n) is 6.84. The summed E-state index contributed by atoms with van der Waals surface area (Å²) in [5, 5.41) is 6.28. The van der Waals surface area contributed by atoms with E-state index in [1.165, 1.54) is 15.9 Å². The van der Waals surface area contributed by atoms with E-state index in [0.717, 1.165) is 16.2 Å². The fraction of sp³-hybridized carbons (Fsp3) is 0.0625. The Morgan fingerprint density at radius 3 is 2.91 bits per heavy atom. The molecule has 3 heterocycles. The molecule has 0 aliphatic rings. The van der Waals surface area contributed by atoms with Gasteiger partial charge >= 0.3 is 0 Å². The predicted octanol–water partition coefficient (Wildman–Crippen LogP) is 2.44. The molecule has 4 aromatic rings. The summed E-state index contributed by atoms with van der Waals surface area (Å²) in [7, 11) is 1.62. The zero-order valence-corrected chi connectivity index (χ0v) is 13.7. The molecule has 5 nitrogen and oxygen atoms in total. The number of hydrogen-bond acceptors (Lipinski definition) is 6. The summed E-state index contributed by atoms with van der Waals surface area (Å²) in [4.78, 5) is 18.5. The third kappa shape index (κ3) is 2.54. The van der Waals surface area contributed by atoms with Crippen LogP contribution >= 0.6 is 22.7 Å². The van der Waals surface area contributed by atoms with Gasteiger partial charge in [0.15, 0.2) is 5.82 Å². The Balaban J connectivity index is 1.82. The second-order valence-electron chi connectivity index (χ2n) is 4.80. The summed E-state index contributed by atoms with van der Waals surface area (Å²) in [5.74, 6) is 1.35. The van der Waals surface area contributed by atoms with Crippen LogP contribution in [0.3, 0.4) is 0 Å². The Labute approximate surface area is 139 Å². The van der Waals surface area contributed by atoms with Crippen molar-refractivity contribution in [1.82, 2.24) is 14.6 Å². The lowest BCUT2D eigenvalue weighted by Crippen LogP contribution is -2.23. The number of benzene rings is 1. The Morgan fingerprint density at radius 1 is 1.26 bits per heavy atom. The Kier molecular flexibility index (Phi) is 3.44. The first kappa shape index (κ1) is 14.1. The molecule has 4 rings (SSSR count). The van der Waals surface area contributed by atoms with Crippen LogP contribution in [0.15, 0.2) is 46.6 Å². The van der Waals surface area contributed by atoms with Crippen LogP contribution in [0.2, 0.25) is 0 Å². The number of methoxy groups -OCH3 is 1. The van der Waals surface area contributed by atoms with Crippen molar-refractivity contribution in [2.24, 2.45) is 0 Å². The maximum absolute atomic E-state index is 12.5. The maximum Gasteiger partial charge on any atom is 0.291 e. The van der Waals surface area contributed by atoms with Gasteiger partial charge in [0, 0.05) is 0 Å². The lowest BCUT2D eigenvalue weighted by Gasteiger charge is -1.99. The number of aromatic nitrogens is 3. The third-order valence-electron chi connectivity index (χ3n) is 3.31. The van der Waals surface area contributed by atoms with E-state index in [0.29, 0.717) is 15.3 Å². The van der Waals surface area contributed by atoms with Gasteiger partial charge in [-0.25, -0.2) is 0 Å². The molecule has 0 N–H and O–H groups in total. The van der Waals surface area contributed by atoms with E-state index in [-0.39, 0.29) is 5.56 Å². The van der Waals surface area contributed by atoms with E-state index in [9.17, 15) is 4.79 Å². The van der Waals surface area contributed by atoms with Crippen LogP contribution in [-0.4, -0.2) is 21.7 Å². The molecule has 0 unspecified atom stereocenters. The van der Waals surface area contributed by atoms with Crippen LogP contribution in [0.1, 0.15) is 5.56 Å². The minimum absolute atomic E-state index is 0.150. The van der Waals surface area contributed by atoms with Gasteiger partial charge in [-0.1, -0.05) is 29.5 Å². The molecular formula is C16H11N3O2S2. The summed E-state index contributed by atoms with van der Waals surface area (Å²) in [6.45, 7) is 0. The molecule has 0 atom stereocenters. The Morgan fingerprint density at radius 2 is 2.17 bits per heavy atom. The standard InChI is InChI=1S/C16H11N3O2S2/c1-21-11-5-2-4-10(8-11)9-13-15(20)19-16(23-13)17-14(18-19)12-6-3-7-22-12/h2-9H,1H3/b13-9+. The van der Waals surface area contributed by atoms with Gasteiger partial charge in [0.1, 0.15) is 5.75 Å². The molecule has 0 aliphatic heterocycles. The van der Waals surface area contributed by atoms with Crippen LogP contribution in [0.4, 0.5) is 0 Å². The second kappa shape index (κ2) is 5.60. The highest BCUT2D eigenvalue weighted by Crippen LogP contribution is 2.21. The molecule has 1 aromatic carbocycles. The lowest BCUT2D eigenvalue weighted by atomic mass is 10.2. The number of thiazole rings is 1. The molecule has 0 radical (unpaired) electrons. The van der Waals surface area contributed by atoms with Gasteiger partial charge < -0.3 is 4.74 Å². The molecule has 3 aromatic heterocycles. The minimum atomic E-state index is -0.150. The van der Waals surface area contributed by atoms with Crippen LogP contribution in [0.25, 0.3) is 21.7 Å². The molecule has 7 heteroatoms. The fourth-order valence-corrected chi connectivity index (χ4v) is 3.79. The number of thiophene rings is 1. The number of hydrogen-bond donors (Lipinski definition) is 0. The Hall–Kier alpha value is -2.51. The van der Waals surface area contributed by atoms with Crippen molar-refractivity contribution in [3.8, 4) is 16.5 Å². The highest BCUT2D eigenvalue weighted by molar-refractivity contribution is 7.15. The van der Waals surface area contributed by atoms with Crippen molar-refractivity contribution in [1.29, 1.82) is 0 Å². The molecule has 23 heavy (non-hydrogen) atoms. The highest BCUT2D eigenvalue weighted by Gasteiger charge is 2.12. The van der Waals surface area contributed by atoms with Crippen molar-refractivity contribution in [2.75, 3.05) is 7.11 Å². The van der Waals surface area contributed by atoms with Gasteiger partial charge in [0.2, 0.25) is 4.96 Å². The number of ether oxygens (including phenoxy) is 1. The maximum atomic E-state index is 12.5. The first-order chi connectivity index (χ1) is 11.2. The first-order valence-corrected chi connectivity index (χ1v) is 8.53. The van der Waals surface area contributed by atoms with Gasteiger partial charge in [-0.3, -0.25) is 4.79 Å². The second-order valence-corrected chi connectivity index (χ2v) is 6.76. The van der Waals surface area contributed by atoms with E-state index < -0.39 is 0 Å². The lowest BCUT2D eigenvalue weighted by molar-refractivity contribution is 0.414. The van der Waals surface area contributed by atoms with Crippen molar-refractivity contribution >= 4 is 33.7 Å². The summed E-state index contributed by atoms with van der Waals surface area (Å²) in [6.07, 6.45) is 1.83. The molecule has 0 spiro atoms. The van der Waals surface area contributed by atoms with E-state index in [4.69, 9.17) is 4.74 Å². The van der Waals surface area contributed by atoms with Crippen LogP contribution in [0, 0.1) is 0 Å². The third-order valence-corrected chi connectivity index (χ3v) is 5.14. The summed E-state index contributed by atoms with van der Waals surface area (Å²) in [6, 6.07) is 11.4. The molecular weight excluding hydrogens is 330 g/mol. The molecule has 0 bridgehead atoms. The normalized spacial score (nSPS) is 12.1. The average molecular weight is 341 g/mol. The van der Waals surface area contributed by atoms with Gasteiger partial charge in [0.25, 0.3) is 5.56 Å². The van der Waals surface area contributed by atoms with Gasteiger partial charge in [-0.05, 0) is 35.2 Å². The summed E-state index contributed by atoms with van der Waals surface area (Å²) in [5.41, 5.74) is 0.757. The zero-order valence-electron chi connectivity index (χ0n) is 12.1. The topological polar surface area (TPSA) is 56.5 Å². The number of rotatable bonds is 3. The average Bonchev–Trinajstić information content (AvgIpc) is 3.27. The van der Waals surface area contributed by atoms with E-state index >= 15 is 0 Å². The summed E-state index contributed by atoms with van der Waals surface area (Å²) >= 11 is 2.89. The van der Waals surface area contributed by atoms with Crippen molar-refractivity contribution < 1.29 is 4.74 Å². The minimum Gasteiger partial charge on any atom is -0.497 e. The van der Waals surface area contributed by atoms with Gasteiger partial charge in [-0.2, -0.15) is 9.50 Å². The highest BCUT2D eigenvalue weighted by atomic mass is 32.1. The number of nitrogens with zero attached hydrogens (tertiary/aromatic N) is 3. The molecule has 0 amide bonds. The smallest absolute Gasteiger partial charge is 0.291 e. The number of fused-ring (bicyclic) bond motifs is 1. The monoisotopic (exact) mass is 341 g/mol. The quantitative estimate of drug-likeness (QED) is 0.574. The van der Waals surface area contributed by atoms with Crippen LogP contribution < -0.4 is 14.8 Å². The van der Waals surface area contributed by atoms with Crippen molar-refractivity contribution in [3.63, 3.8) is 0 Å². The molecule has 0 saturated heterocycles. The molecule has 0 aliphatic carbocycles. The van der Waals surface area contributed by atoms with E-state index in [1.54, 1.807) is 18.4 Å². The zero-order chi connectivity index (χ0) is 15.8. The van der Waals surface area contributed by atoms with E-state index in [2.05, 4.69) is 10.1 Å². The van der Waals surface area contributed by atoms with Crippen LogP contribution in [-0.2, 0) is 0 Å². The van der Waals surface area contributed by atoms with Gasteiger partial charge in [-0.15, -0.1) is 16.4 Å². The Bertz CT molecular complexity index is 1080. The predicted molar refractivity (Wildman–Crippen MR) is 92.2 cm³/mol. The van der Waals surface area contributed by atoms with Gasteiger partial charge in [0.05, 0.1) is 16.5 Å². The van der Waals surface area contributed by atoms with Crippen molar-refractivity contribution in [2.45, 2.75) is 0 Å². The fourth-order valence-electron chi connectivity index (χ4n) is 2.23.